The van der Waals surface area contributed by atoms with Crippen LogP contribution in [0.15, 0.2) is 112 Å². The molecule has 6 heteroatoms. The van der Waals surface area contributed by atoms with Gasteiger partial charge >= 0.3 is 5.97 Å². The van der Waals surface area contributed by atoms with Gasteiger partial charge in [0.1, 0.15) is 5.03 Å². The van der Waals surface area contributed by atoms with Crippen molar-refractivity contribution in [2.24, 2.45) is 0 Å². The molecule has 40 heavy (non-hydrogen) atoms. The predicted octanol–water partition coefficient (Wildman–Crippen LogP) is 8.05. The molecule has 0 aliphatic heterocycles. The molecule has 2 aromatic heterocycles. The fourth-order valence-corrected chi connectivity index (χ4v) is 5.87. The van der Waals surface area contributed by atoms with Crippen LogP contribution < -0.4 is 0 Å². The average Bonchev–Trinajstić information content (AvgIpc) is 3.73. The molecule has 1 aliphatic rings. The van der Waals surface area contributed by atoms with Crippen molar-refractivity contribution in [2.75, 3.05) is 6.61 Å². The Morgan fingerprint density at radius 2 is 1.55 bits per heavy atom. The summed E-state index contributed by atoms with van der Waals surface area (Å²) in [4.78, 5) is 18.5. The van der Waals surface area contributed by atoms with Gasteiger partial charge in [-0.15, -0.1) is 0 Å². The number of hydrogen-bond acceptors (Lipinski definition) is 6. The number of ether oxygens (including phenoxy) is 1. The Morgan fingerprint density at radius 3 is 2.23 bits per heavy atom. The maximum absolute atomic E-state index is 12.4. The Balaban J connectivity index is 1.19. The molecule has 0 unspecified atom stereocenters. The van der Waals surface area contributed by atoms with E-state index < -0.39 is 5.41 Å². The number of carbonyl (C=O) groups is 1. The third-order valence-corrected chi connectivity index (χ3v) is 8.37. The summed E-state index contributed by atoms with van der Waals surface area (Å²) in [6.07, 6.45) is 2.34. The molecule has 0 radical (unpaired) electrons. The highest BCUT2D eigenvalue weighted by molar-refractivity contribution is 7.99. The second-order valence-electron chi connectivity index (χ2n) is 10.1. The van der Waals surface area contributed by atoms with Gasteiger partial charge in [-0.2, -0.15) is 0 Å². The molecule has 200 valence electrons. The number of carbonyl (C=O) groups excluding carboxylic acids is 1. The first-order chi connectivity index (χ1) is 19.6. The van der Waals surface area contributed by atoms with Gasteiger partial charge in [-0.1, -0.05) is 89.7 Å². The van der Waals surface area contributed by atoms with Crippen LogP contribution in [-0.4, -0.2) is 22.7 Å². The molecule has 0 saturated heterocycles. The van der Waals surface area contributed by atoms with Crippen LogP contribution in [0.1, 0.15) is 42.3 Å². The number of aromatic nitrogens is 2. The van der Waals surface area contributed by atoms with E-state index >= 15 is 0 Å². The summed E-state index contributed by atoms with van der Waals surface area (Å²) in [5.41, 5.74) is 6.64. The third-order valence-electron chi connectivity index (χ3n) is 7.42. The Bertz CT molecular complexity index is 1620. The SMILES string of the molecule is CCOC(=O)C1(c2ccc(-c3ccc(-c4onc(C)c4Cc4cccc(Sc5ccccc5)n4)cc3)cc2)CC1. The summed E-state index contributed by atoms with van der Waals surface area (Å²) in [5.74, 6) is 0.662. The van der Waals surface area contributed by atoms with Gasteiger partial charge in [0, 0.05) is 28.1 Å². The molecule has 0 amide bonds. The standard InChI is InChI=1S/C34H30N2O3S/c1-3-38-33(37)34(20-21-34)27-18-16-25(17-19-27)24-12-14-26(15-13-24)32-30(23(2)36-39-32)22-28-8-7-11-31(35-28)40-29-9-5-4-6-10-29/h4-19H,3,20-22H2,1-2H3. The van der Waals surface area contributed by atoms with Crippen LogP contribution in [0.2, 0.25) is 0 Å². The molecule has 5 aromatic rings. The van der Waals surface area contributed by atoms with Crippen molar-refractivity contribution in [1.82, 2.24) is 10.1 Å². The van der Waals surface area contributed by atoms with Gasteiger partial charge in [0.05, 0.1) is 17.7 Å². The Morgan fingerprint density at radius 1 is 0.875 bits per heavy atom. The summed E-state index contributed by atoms with van der Waals surface area (Å²) in [6.45, 7) is 4.24. The van der Waals surface area contributed by atoms with E-state index in [0.29, 0.717) is 13.0 Å². The molecule has 1 aliphatic carbocycles. The smallest absolute Gasteiger partial charge is 0.316 e. The van der Waals surface area contributed by atoms with Gasteiger partial charge in [0.2, 0.25) is 0 Å². The van der Waals surface area contributed by atoms with Crippen LogP contribution in [0.25, 0.3) is 22.5 Å². The molecule has 0 atom stereocenters. The van der Waals surface area contributed by atoms with Crippen LogP contribution >= 0.6 is 11.8 Å². The van der Waals surface area contributed by atoms with Crippen LogP contribution in [0.5, 0.6) is 0 Å². The highest BCUT2D eigenvalue weighted by atomic mass is 32.2. The highest BCUT2D eigenvalue weighted by Gasteiger charge is 2.52. The van der Waals surface area contributed by atoms with Crippen LogP contribution in [0.4, 0.5) is 0 Å². The van der Waals surface area contributed by atoms with E-state index in [0.717, 1.165) is 67.7 Å². The number of esters is 1. The van der Waals surface area contributed by atoms with E-state index in [9.17, 15) is 4.79 Å². The highest BCUT2D eigenvalue weighted by Crippen LogP contribution is 2.49. The van der Waals surface area contributed by atoms with E-state index in [2.05, 4.69) is 65.8 Å². The van der Waals surface area contributed by atoms with Gasteiger partial charge in [0.25, 0.3) is 0 Å². The molecule has 2 heterocycles. The van der Waals surface area contributed by atoms with Crippen LogP contribution in [-0.2, 0) is 21.4 Å². The predicted molar refractivity (Wildman–Crippen MR) is 157 cm³/mol. The molecular weight excluding hydrogens is 516 g/mol. The fourth-order valence-electron chi connectivity index (χ4n) is 5.03. The zero-order valence-electron chi connectivity index (χ0n) is 22.6. The zero-order chi connectivity index (χ0) is 27.5. The Kier molecular flexibility index (Phi) is 7.27. The lowest BCUT2D eigenvalue weighted by atomic mass is 9.93. The molecule has 0 spiro atoms. The summed E-state index contributed by atoms with van der Waals surface area (Å²) in [7, 11) is 0. The van der Waals surface area contributed by atoms with Gasteiger partial charge in [-0.05, 0) is 67.6 Å². The maximum Gasteiger partial charge on any atom is 0.316 e. The number of aryl methyl sites for hydroxylation is 1. The monoisotopic (exact) mass is 546 g/mol. The van der Waals surface area contributed by atoms with Crippen molar-refractivity contribution in [3.05, 3.63) is 120 Å². The summed E-state index contributed by atoms with van der Waals surface area (Å²) < 4.78 is 11.1. The lowest BCUT2D eigenvalue weighted by Crippen LogP contribution is -2.23. The van der Waals surface area contributed by atoms with Gasteiger partial charge < -0.3 is 9.26 Å². The van der Waals surface area contributed by atoms with E-state index in [1.807, 2.05) is 50.2 Å². The first-order valence-electron chi connectivity index (χ1n) is 13.6. The first-order valence-corrected chi connectivity index (χ1v) is 14.4. The second kappa shape index (κ2) is 11.1. The minimum Gasteiger partial charge on any atom is -0.465 e. The van der Waals surface area contributed by atoms with Crippen LogP contribution in [0, 0.1) is 6.92 Å². The molecule has 3 aromatic carbocycles. The molecule has 1 saturated carbocycles. The van der Waals surface area contributed by atoms with Gasteiger partial charge in [0.15, 0.2) is 5.76 Å². The summed E-state index contributed by atoms with van der Waals surface area (Å²) in [6, 6.07) is 33.0. The van der Waals surface area contributed by atoms with Crippen molar-refractivity contribution in [3.8, 4) is 22.5 Å². The fraction of sp³-hybridized carbons (Fsp3) is 0.206. The first kappa shape index (κ1) is 26.1. The van der Waals surface area contributed by atoms with E-state index in [1.165, 1.54) is 0 Å². The molecule has 5 nitrogen and oxygen atoms in total. The van der Waals surface area contributed by atoms with E-state index in [-0.39, 0.29) is 5.97 Å². The van der Waals surface area contributed by atoms with Crippen molar-refractivity contribution >= 4 is 17.7 Å². The molecule has 1 fully saturated rings. The largest absolute Gasteiger partial charge is 0.465 e. The molecule has 0 N–H and O–H groups in total. The lowest BCUT2D eigenvalue weighted by Gasteiger charge is -2.14. The quantitative estimate of drug-likeness (QED) is 0.174. The minimum atomic E-state index is -0.451. The van der Waals surface area contributed by atoms with Crippen LogP contribution in [0.3, 0.4) is 0 Å². The Labute approximate surface area is 238 Å². The topological polar surface area (TPSA) is 65.2 Å². The van der Waals surface area contributed by atoms with Crippen molar-refractivity contribution < 1.29 is 14.1 Å². The summed E-state index contributed by atoms with van der Waals surface area (Å²) >= 11 is 1.65. The van der Waals surface area contributed by atoms with E-state index in [4.69, 9.17) is 14.2 Å². The number of pyridine rings is 1. The van der Waals surface area contributed by atoms with Crippen molar-refractivity contribution in [2.45, 2.75) is 48.4 Å². The molecule has 6 rings (SSSR count). The van der Waals surface area contributed by atoms with E-state index in [1.54, 1.807) is 11.8 Å². The number of rotatable bonds is 9. The average molecular weight is 547 g/mol. The second-order valence-corrected chi connectivity index (χ2v) is 11.2. The number of benzene rings is 3. The lowest BCUT2D eigenvalue weighted by molar-refractivity contribution is -0.146. The maximum atomic E-state index is 12.4. The van der Waals surface area contributed by atoms with Gasteiger partial charge in [-0.25, -0.2) is 4.98 Å². The third kappa shape index (κ3) is 5.32. The normalized spacial score (nSPS) is 13.7. The Hall–Kier alpha value is -4.16. The molecule has 0 bridgehead atoms. The minimum absolute atomic E-state index is 0.109. The number of nitrogens with zero attached hydrogens (tertiary/aromatic N) is 2. The zero-order valence-corrected chi connectivity index (χ0v) is 23.4. The van der Waals surface area contributed by atoms with Crippen molar-refractivity contribution in [3.63, 3.8) is 0 Å². The number of hydrogen-bond donors (Lipinski definition) is 0. The van der Waals surface area contributed by atoms with Gasteiger partial charge in [-0.3, -0.25) is 4.79 Å². The van der Waals surface area contributed by atoms with Crippen molar-refractivity contribution in [1.29, 1.82) is 0 Å². The summed E-state index contributed by atoms with van der Waals surface area (Å²) in [5, 5.41) is 5.24. The molecular formula is C34H30N2O3S.